The maximum absolute atomic E-state index is 12.6. The number of carbonyl (C=O) groups is 1. The van der Waals surface area contributed by atoms with E-state index < -0.39 is 0 Å². The Bertz CT molecular complexity index is 939. The van der Waals surface area contributed by atoms with E-state index in [-0.39, 0.29) is 24.5 Å². The fourth-order valence-electron chi connectivity index (χ4n) is 3.18. The summed E-state index contributed by atoms with van der Waals surface area (Å²) < 4.78 is 0. The number of H-pyrrole nitrogens is 1. The number of aliphatic hydroxyl groups excluding tert-OH is 1. The first-order valence-electron chi connectivity index (χ1n) is 8.88. The van der Waals surface area contributed by atoms with E-state index in [1.54, 1.807) is 12.1 Å². The highest BCUT2D eigenvalue weighted by Gasteiger charge is 2.20. The molecule has 3 N–H and O–H groups in total. The Morgan fingerprint density at radius 1 is 1.15 bits per heavy atom. The molecule has 1 amide bonds. The SMILES string of the molecule is CC(Cc1ccc(Cl)cc1Cl)C(=O)NC(CO)Cc1c[nH]c2ccccc12. The number of hydrogen-bond donors (Lipinski definition) is 3. The quantitative estimate of drug-likeness (QED) is 0.547. The highest BCUT2D eigenvalue weighted by atomic mass is 35.5. The van der Waals surface area contributed by atoms with Gasteiger partial charge in [-0.3, -0.25) is 4.79 Å². The molecule has 2 atom stereocenters. The van der Waals surface area contributed by atoms with Crippen molar-refractivity contribution in [3.8, 4) is 0 Å². The molecule has 0 bridgehead atoms. The summed E-state index contributed by atoms with van der Waals surface area (Å²) in [4.78, 5) is 15.8. The van der Waals surface area contributed by atoms with Crippen LogP contribution in [0.25, 0.3) is 10.9 Å². The molecule has 3 rings (SSSR count). The van der Waals surface area contributed by atoms with Crippen molar-refractivity contribution in [2.75, 3.05) is 6.61 Å². The first-order chi connectivity index (χ1) is 13.0. The van der Waals surface area contributed by atoms with Crippen molar-refractivity contribution in [1.29, 1.82) is 0 Å². The van der Waals surface area contributed by atoms with Gasteiger partial charge >= 0.3 is 0 Å². The third-order valence-electron chi connectivity index (χ3n) is 4.70. The summed E-state index contributed by atoms with van der Waals surface area (Å²) in [7, 11) is 0. The average Bonchev–Trinajstić information content (AvgIpc) is 3.06. The molecular weight excluding hydrogens is 383 g/mol. The third kappa shape index (κ3) is 4.83. The van der Waals surface area contributed by atoms with Crippen molar-refractivity contribution in [2.45, 2.75) is 25.8 Å². The van der Waals surface area contributed by atoms with Crippen LogP contribution >= 0.6 is 23.2 Å². The second-order valence-electron chi connectivity index (χ2n) is 6.79. The van der Waals surface area contributed by atoms with Gasteiger partial charge in [0.25, 0.3) is 0 Å². The minimum absolute atomic E-state index is 0.111. The second kappa shape index (κ2) is 8.79. The van der Waals surface area contributed by atoms with Gasteiger partial charge in [-0.1, -0.05) is 54.4 Å². The van der Waals surface area contributed by atoms with Gasteiger partial charge in [0.1, 0.15) is 0 Å². The minimum atomic E-state index is -0.347. The molecule has 4 nitrogen and oxygen atoms in total. The van der Waals surface area contributed by atoms with Crippen LogP contribution in [0.3, 0.4) is 0 Å². The number of aliphatic hydroxyl groups is 1. The molecule has 2 aromatic carbocycles. The van der Waals surface area contributed by atoms with Crippen LogP contribution in [0, 0.1) is 5.92 Å². The number of halogens is 2. The van der Waals surface area contributed by atoms with Crippen LogP contribution in [0.4, 0.5) is 0 Å². The first kappa shape index (κ1) is 19.7. The lowest BCUT2D eigenvalue weighted by atomic mass is 9.99. The van der Waals surface area contributed by atoms with Gasteiger partial charge < -0.3 is 15.4 Å². The van der Waals surface area contributed by atoms with Crippen molar-refractivity contribution >= 4 is 40.0 Å². The normalized spacial score (nSPS) is 13.5. The average molecular weight is 405 g/mol. The predicted molar refractivity (Wildman–Crippen MR) is 110 cm³/mol. The molecule has 27 heavy (non-hydrogen) atoms. The molecule has 1 aromatic heterocycles. The van der Waals surface area contributed by atoms with Crippen LogP contribution in [0.2, 0.25) is 10.0 Å². The van der Waals surface area contributed by atoms with Gasteiger partial charge in [0.05, 0.1) is 12.6 Å². The van der Waals surface area contributed by atoms with Crippen LogP contribution in [-0.4, -0.2) is 28.6 Å². The summed E-state index contributed by atoms with van der Waals surface area (Å²) in [6.07, 6.45) is 2.99. The molecule has 142 valence electrons. The summed E-state index contributed by atoms with van der Waals surface area (Å²) in [5.74, 6) is -0.388. The molecule has 1 heterocycles. The molecule has 0 saturated carbocycles. The van der Waals surface area contributed by atoms with Crippen LogP contribution in [0.5, 0.6) is 0 Å². The van der Waals surface area contributed by atoms with Gasteiger partial charge in [-0.15, -0.1) is 0 Å². The molecule has 0 aliphatic heterocycles. The Labute approximate surface area is 168 Å². The maximum atomic E-state index is 12.6. The van der Waals surface area contributed by atoms with Crippen LogP contribution in [0.15, 0.2) is 48.7 Å². The summed E-state index contributed by atoms with van der Waals surface area (Å²) in [6, 6.07) is 12.9. The summed E-state index contributed by atoms with van der Waals surface area (Å²) in [5, 5.41) is 14.9. The lowest BCUT2D eigenvalue weighted by Crippen LogP contribution is -2.42. The van der Waals surface area contributed by atoms with Gasteiger partial charge in [-0.25, -0.2) is 0 Å². The first-order valence-corrected chi connectivity index (χ1v) is 9.63. The van der Waals surface area contributed by atoms with E-state index >= 15 is 0 Å². The summed E-state index contributed by atoms with van der Waals surface area (Å²) in [5.41, 5.74) is 2.99. The fraction of sp³-hybridized carbons (Fsp3) is 0.286. The summed E-state index contributed by atoms with van der Waals surface area (Å²) >= 11 is 12.1. The van der Waals surface area contributed by atoms with E-state index in [9.17, 15) is 9.90 Å². The van der Waals surface area contributed by atoms with E-state index in [4.69, 9.17) is 23.2 Å². The van der Waals surface area contributed by atoms with E-state index in [1.165, 1.54) is 0 Å². The lowest BCUT2D eigenvalue weighted by molar-refractivity contribution is -0.125. The Hall–Kier alpha value is -2.01. The molecule has 0 spiro atoms. The van der Waals surface area contributed by atoms with Crippen LogP contribution in [-0.2, 0) is 17.6 Å². The number of fused-ring (bicyclic) bond motifs is 1. The number of para-hydroxylation sites is 1. The van der Waals surface area contributed by atoms with Gasteiger partial charge in [-0.05, 0) is 42.2 Å². The fourth-order valence-corrected chi connectivity index (χ4v) is 3.67. The number of aromatic nitrogens is 1. The highest BCUT2D eigenvalue weighted by molar-refractivity contribution is 6.35. The molecule has 0 radical (unpaired) electrons. The maximum Gasteiger partial charge on any atom is 0.223 e. The Morgan fingerprint density at radius 2 is 1.93 bits per heavy atom. The number of benzene rings is 2. The zero-order valence-corrected chi connectivity index (χ0v) is 16.5. The smallest absolute Gasteiger partial charge is 0.223 e. The molecule has 0 aliphatic rings. The zero-order valence-electron chi connectivity index (χ0n) is 15.0. The Balaban J connectivity index is 1.64. The predicted octanol–water partition coefficient (Wildman–Crippen LogP) is 4.37. The number of nitrogens with one attached hydrogen (secondary N) is 2. The monoisotopic (exact) mass is 404 g/mol. The standard InChI is InChI=1S/C21H22Cl2N2O2/c1-13(8-14-6-7-16(22)10-19(14)23)21(27)25-17(12-26)9-15-11-24-20-5-3-2-4-18(15)20/h2-7,10-11,13,17,24,26H,8-9,12H2,1H3,(H,25,27). The molecule has 0 saturated heterocycles. The summed E-state index contributed by atoms with van der Waals surface area (Å²) in [6.45, 7) is 1.72. The van der Waals surface area contributed by atoms with E-state index in [0.29, 0.717) is 22.9 Å². The molecule has 2 unspecified atom stereocenters. The van der Waals surface area contributed by atoms with Crippen LogP contribution < -0.4 is 5.32 Å². The van der Waals surface area contributed by atoms with E-state index in [2.05, 4.69) is 10.3 Å². The van der Waals surface area contributed by atoms with Gasteiger partial charge in [-0.2, -0.15) is 0 Å². The molecule has 3 aromatic rings. The zero-order chi connectivity index (χ0) is 19.4. The Kier molecular flexibility index (Phi) is 6.42. The van der Waals surface area contributed by atoms with Crippen molar-refractivity contribution in [3.63, 3.8) is 0 Å². The highest BCUT2D eigenvalue weighted by Crippen LogP contribution is 2.24. The molecule has 0 aliphatic carbocycles. The number of carbonyl (C=O) groups excluding carboxylic acids is 1. The van der Waals surface area contributed by atoms with Gasteiger partial charge in [0.2, 0.25) is 5.91 Å². The third-order valence-corrected chi connectivity index (χ3v) is 5.28. The number of rotatable bonds is 7. The number of hydrogen-bond acceptors (Lipinski definition) is 2. The molecule has 6 heteroatoms. The molecular formula is C21H22Cl2N2O2. The van der Waals surface area contributed by atoms with E-state index in [1.807, 2.05) is 43.5 Å². The molecule has 0 fully saturated rings. The largest absolute Gasteiger partial charge is 0.394 e. The Morgan fingerprint density at radius 3 is 2.67 bits per heavy atom. The minimum Gasteiger partial charge on any atom is -0.394 e. The van der Waals surface area contributed by atoms with Crippen molar-refractivity contribution < 1.29 is 9.90 Å². The van der Waals surface area contributed by atoms with Gasteiger partial charge in [0, 0.05) is 33.1 Å². The van der Waals surface area contributed by atoms with Crippen molar-refractivity contribution in [2.24, 2.45) is 5.92 Å². The van der Waals surface area contributed by atoms with Crippen molar-refractivity contribution in [1.82, 2.24) is 10.3 Å². The van der Waals surface area contributed by atoms with Crippen molar-refractivity contribution in [3.05, 3.63) is 69.8 Å². The van der Waals surface area contributed by atoms with Crippen LogP contribution in [0.1, 0.15) is 18.1 Å². The topological polar surface area (TPSA) is 65.1 Å². The number of amides is 1. The number of aromatic amines is 1. The second-order valence-corrected chi connectivity index (χ2v) is 7.64. The van der Waals surface area contributed by atoms with Gasteiger partial charge in [0.15, 0.2) is 0 Å². The van der Waals surface area contributed by atoms with E-state index in [0.717, 1.165) is 22.0 Å². The lowest BCUT2D eigenvalue weighted by Gasteiger charge is -2.19.